The lowest BCUT2D eigenvalue weighted by Crippen LogP contribution is -2.05. The summed E-state index contributed by atoms with van der Waals surface area (Å²) in [5, 5.41) is 12.6. The van der Waals surface area contributed by atoms with E-state index in [2.05, 4.69) is 20.3 Å². The van der Waals surface area contributed by atoms with Gasteiger partial charge in [0.05, 0.1) is 12.4 Å². The summed E-state index contributed by atoms with van der Waals surface area (Å²) in [5.41, 5.74) is 0.634. The highest BCUT2D eigenvalue weighted by molar-refractivity contribution is 6.29. The summed E-state index contributed by atoms with van der Waals surface area (Å²) in [6.45, 7) is 0.526. The molecule has 0 N–H and O–H groups in total. The molecule has 16 heavy (non-hydrogen) atoms. The minimum absolute atomic E-state index is 0.490. The molecule has 80 valence electrons. The number of halogens is 1. The Kier molecular flexibility index (Phi) is 2.07. The van der Waals surface area contributed by atoms with Crippen LogP contribution in [0.1, 0.15) is 5.82 Å². The Bertz CT molecular complexity index is 614. The van der Waals surface area contributed by atoms with Crippen LogP contribution < -0.4 is 0 Å². The summed E-state index contributed by atoms with van der Waals surface area (Å²) in [5.74, 6) is 0.728. The van der Waals surface area contributed by atoms with Crippen LogP contribution in [0.5, 0.6) is 0 Å². The molecule has 6 nitrogen and oxygen atoms in total. The predicted molar refractivity (Wildman–Crippen MR) is 57.1 cm³/mol. The van der Waals surface area contributed by atoms with E-state index in [1.807, 2.05) is 12.3 Å². The highest BCUT2D eigenvalue weighted by Crippen LogP contribution is 2.12. The average Bonchev–Trinajstić information content (AvgIpc) is 2.90. The molecule has 7 heteroatoms. The van der Waals surface area contributed by atoms with Crippen molar-refractivity contribution in [2.24, 2.45) is 0 Å². The summed E-state index contributed by atoms with van der Waals surface area (Å²) in [7, 11) is 0. The van der Waals surface area contributed by atoms with E-state index in [4.69, 9.17) is 11.6 Å². The fraction of sp³-hybridized carbons (Fsp3) is 0.111. The summed E-state index contributed by atoms with van der Waals surface area (Å²) < 4.78 is 3.50. The molecule has 0 fully saturated rings. The van der Waals surface area contributed by atoms with E-state index in [-0.39, 0.29) is 0 Å². The lowest BCUT2D eigenvalue weighted by atomic mass is 10.5. The van der Waals surface area contributed by atoms with Crippen LogP contribution in [0.15, 0.2) is 30.9 Å². The van der Waals surface area contributed by atoms with Crippen LogP contribution in [-0.4, -0.2) is 29.4 Å². The quantitative estimate of drug-likeness (QED) is 0.664. The van der Waals surface area contributed by atoms with Crippen molar-refractivity contribution in [3.05, 3.63) is 41.8 Å². The smallest absolute Gasteiger partial charge is 0.180 e. The molecule has 0 saturated heterocycles. The normalized spacial score (nSPS) is 11.1. The van der Waals surface area contributed by atoms with Crippen molar-refractivity contribution in [1.82, 2.24) is 29.4 Å². The Morgan fingerprint density at radius 1 is 1.25 bits per heavy atom. The molecule has 0 bridgehead atoms. The first-order valence-electron chi connectivity index (χ1n) is 4.65. The van der Waals surface area contributed by atoms with E-state index in [9.17, 15) is 0 Å². The maximum atomic E-state index is 6.03. The molecule has 0 aliphatic heterocycles. The number of rotatable bonds is 2. The van der Waals surface area contributed by atoms with Gasteiger partial charge in [-0.3, -0.25) is 14.1 Å². The first-order valence-corrected chi connectivity index (χ1v) is 5.03. The van der Waals surface area contributed by atoms with Gasteiger partial charge in [0.25, 0.3) is 0 Å². The first kappa shape index (κ1) is 9.29. The molecule has 3 rings (SSSR count). The molecule has 0 atom stereocenters. The van der Waals surface area contributed by atoms with Crippen LogP contribution in [0.2, 0.25) is 5.15 Å². The number of nitrogens with zero attached hydrogens (tertiary/aromatic N) is 6. The summed E-state index contributed by atoms with van der Waals surface area (Å²) >= 11 is 6.03. The van der Waals surface area contributed by atoms with Crippen molar-refractivity contribution in [3.8, 4) is 0 Å². The lowest BCUT2D eigenvalue weighted by Gasteiger charge is -2.01. The van der Waals surface area contributed by atoms with Gasteiger partial charge in [-0.05, 0) is 6.07 Å². The minimum Gasteiger partial charge on any atom is -0.265 e. The lowest BCUT2D eigenvalue weighted by molar-refractivity contribution is 0.649. The third kappa shape index (κ3) is 1.43. The molecule has 0 aliphatic carbocycles. The Morgan fingerprint density at radius 2 is 2.19 bits per heavy atom. The van der Waals surface area contributed by atoms with Crippen molar-refractivity contribution in [3.63, 3.8) is 0 Å². The summed E-state index contributed by atoms with van der Waals surface area (Å²) in [6.07, 6.45) is 6.75. The highest BCUT2D eigenvalue weighted by atomic mass is 35.5. The van der Waals surface area contributed by atoms with E-state index in [0.717, 1.165) is 5.82 Å². The fourth-order valence-electron chi connectivity index (χ4n) is 1.51. The molecule has 0 amide bonds. The van der Waals surface area contributed by atoms with Gasteiger partial charge in [-0.2, -0.15) is 5.10 Å². The standard InChI is InChI=1S/C9H7ClN6/c10-7-4-11-5-8-13-14-9(16(7)8)6-15-3-1-2-12-15/h1-5H,6H2. The number of hydrogen-bond acceptors (Lipinski definition) is 4. The third-order valence-corrected chi connectivity index (χ3v) is 2.47. The van der Waals surface area contributed by atoms with E-state index in [0.29, 0.717) is 17.3 Å². The molecule has 0 unspecified atom stereocenters. The fourth-order valence-corrected chi connectivity index (χ4v) is 1.75. The minimum atomic E-state index is 0.490. The molecule has 0 radical (unpaired) electrons. The zero-order valence-electron chi connectivity index (χ0n) is 8.16. The summed E-state index contributed by atoms with van der Waals surface area (Å²) in [4.78, 5) is 3.95. The van der Waals surface area contributed by atoms with Gasteiger partial charge < -0.3 is 0 Å². The van der Waals surface area contributed by atoms with Crippen molar-refractivity contribution in [1.29, 1.82) is 0 Å². The van der Waals surface area contributed by atoms with Crippen LogP contribution in [0, 0.1) is 0 Å². The van der Waals surface area contributed by atoms with E-state index >= 15 is 0 Å². The van der Waals surface area contributed by atoms with Gasteiger partial charge in [0.1, 0.15) is 11.7 Å². The van der Waals surface area contributed by atoms with Gasteiger partial charge in [0.15, 0.2) is 11.5 Å². The molecular weight excluding hydrogens is 228 g/mol. The predicted octanol–water partition coefficient (Wildman–Crippen LogP) is 1.02. The van der Waals surface area contributed by atoms with Crippen LogP contribution in [0.4, 0.5) is 0 Å². The van der Waals surface area contributed by atoms with Crippen LogP contribution >= 0.6 is 11.6 Å². The molecule has 0 aliphatic rings. The second-order valence-corrected chi connectivity index (χ2v) is 3.63. The largest absolute Gasteiger partial charge is 0.265 e. The molecule has 0 saturated carbocycles. The Morgan fingerprint density at radius 3 is 3.00 bits per heavy atom. The number of fused-ring (bicyclic) bond motifs is 1. The van der Waals surface area contributed by atoms with Gasteiger partial charge in [-0.15, -0.1) is 10.2 Å². The van der Waals surface area contributed by atoms with Gasteiger partial charge in [-0.1, -0.05) is 11.6 Å². The van der Waals surface area contributed by atoms with Gasteiger partial charge in [-0.25, -0.2) is 0 Å². The monoisotopic (exact) mass is 234 g/mol. The third-order valence-electron chi connectivity index (χ3n) is 2.20. The average molecular weight is 235 g/mol. The first-order chi connectivity index (χ1) is 7.84. The second kappa shape index (κ2) is 3.57. The summed E-state index contributed by atoms with van der Waals surface area (Å²) in [6, 6.07) is 1.85. The number of aromatic nitrogens is 6. The van der Waals surface area contributed by atoms with Gasteiger partial charge >= 0.3 is 0 Å². The van der Waals surface area contributed by atoms with Gasteiger partial charge in [0, 0.05) is 12.4 Å². The van der Waals surface area contributed by atoms with Crippen LogP contribution in [-0.2, 0) is 6.54 Å². The van der Waals surface area contributed by atoms with E-state index in [1.54, 1.807) is 27.7 Å². The maximum Gasteiger partial charge on any atom is 0.180 e. The number of hydrogen-bond donors (Lipinski definition) is 0. The van der Waals surface area contributed by atoms with Crippen molar-refractivity contribution in [2.75, 3.05) is 0 Å². The van der Waals surface area contributed by atoms with Crippen LogP contribution in [0.3, 0.4) is 0 Å². The molecule has 3 heterocycles. The zero-order valence-corrected chi connectivity index (χ0v) is 8.91. The molecular formula is C9H7ClN6. The SMILES string of the molecule is Clc1cncc2nnc(Cn3cccn3)n12. The van der Waals surface area contributed by atoms with Crippen molar-refractivity contribution in [2.45, 2.75) is 6.54 Å². The zero-order chi connectivity index (χ0) is 11.0. The highest BCUT2D eigenvalue weighted by Gasteiger charge is 2.08. The van der Waals surface area contributed by atoms with Gasteiger partial charge in [0.2, 0.25) is 0 Å². The molecule has 3 aromatic heterocycles. The van der Waals surface area contributed by atoms with Crippen molar-refractivity contribution < 1.29 is 0 Å². The Hall–Kier alpha value is -1.95. The molecule has 0 aromatic carbocycles. The maximum absolute atomic E-state index is 6.03. The van der Waals surface area contributed by atoms with E-state index < -0.39 is 0 Å². The Labute approximate surface area is 95.5 Å². The second-order valence-electron chi connectivity index (χ2n) is 3.24. The van der Waals surface area contributed by atoms with Crippen LogP contribution in [0.25, 0.3) is 5.65 Å². The van der Waals surface area contributed by atoms with E-state index in [1.165, 1.54) is 0 Å². The molecule has 3 aromatic rings. The Balaban J connectivity index is 2.10. The molecule has 0 spiro atoms. The topological polar surface area (TPSA) is 60.9 Å². The van der Waals surface area contributed by atoms with Crippen molar-refractivity contribution >= 4 is 17.2 Å².